The lowest BCUT2D eigenvalue weighted by Gasteiger charge is -2.30. The maximum atomic E-state index is 12.5. The fourth-order valence-electron chi connectivity index (χ4n) is 3.52. The molecule has 1 N–H and O–H groups in total. The topological polar surface area (TPSA) is 58.4 Å². The van der Waals surface area contributed by atoms with Crippen LogP contribution in [0.1, 0.15) is 18.4 Å². The van der Waals surface area contributed by atoms with Gasteiger partial charge in [0.1, 0.15) is 5.52 Å². The molecule has 0 bridgehead atoms. The van der Waals surface area contributed by atoms with Gasteiger partial charge in [0, 0.05) is 35.6 Å². The molecular weight excluding hydrogens is 397 g/mol. The predicted molar refractivity (Wildman–Crippen MR) is 112 cm³/mol. The number of para-hydroxylation sites is 2. The van der Waals surface area contributed by atoms with Crippen LogP contribution in [0.5, 0.6) is 0 Å². The first-order valence-corrected chi connectivity index (χ1v) is 10.2. The average Bonchev–Trinajstić information content (AvgIpc) is 3.14. The fraction of sp³-hybridized carbons (Fsp3) is 0.333. The lowest BCUT2D eigenvalue weighted by atomic mass is 9.96. The number of carbonyl (C=O) groups excluding carboxylic acids is 1. The number of rotatable bonds is 5. The van der Waals surface area contributed by atoms with Gasteiger partial charge in [-0.25, -0.2) is 0 Å². The van der Waals surface area contributed by atoms with Gasteiger partial charge in [0.05, 0.1) is 0 Å². The van der Waals surface area contributed by atoms with Crippen molar-refractivity contribution in [3.05, 3.63) is 58.1 Å². The van der Waals surface area contributed by atoms with E-state index in [1.807, 2.05) is 36.4 Å². The van der Waals surface area contributed by atoms with Gasteiger partial charge in [0.25, 0.3) is 6.01 Å². The highest BCUT2D eigenvalue weighted by atomic mass is 35.5. The zero-order valence-corrected chi connectivity index (χ0v) is 16.8. The van der Waals surface area contributed by atoms with E-state index >= 15 is 0 Å². The average molecular weight is 418 g/mol. The van der Waals surface area contributed by atoms with E-state index in [2.05, 4.69) is 15.2 Å². The first-order chi connectivity index (χ1) is 13.6. The molecule has 28 heavy (non-hydrogen) atoms. The Morgan fingerprint density at radius 3 is 2.71 bits per heavy atom. The molecule has 1 aromatic heterocycles. The summed E-state index contributed by atoms with van der Waals surface area (Å²) in [6.07, 6.45) is 2.25. The normalized spacial score (nSPS) is 15.1. The molecule has 1 aliphatic rings. The number of halogens is 2. The second-order valence-corrected chi connectivity index (χ2v) is 7.85. The van der Waals surface area contributed by atoms with Crippen molar-refractivity contribution >= 4 is 46.2 Å². The summed E-state index contributed by atoms with van der Waals surface area (Å²) in [5, 5.41) is 4.28. The highest BCUT2D eigenvalue weighted by molar-refractivity contribution is 6.35. The lowest BCUT2D eigenvalue weighted by molar-refractivity contribution is -0.125. The first-order valence-electron chi connectivity index (χ1n) is 9.42. The van der Waals surface area contributed by atoms with E-state index in [4.69, 9.17) is 27.6 Å². The zero-order chi connectivity index (χ0) is 19.5. The summed E-state index contributed by atoms with van der Waals surface area (Å²) in [5.74, 6) is 0.114. The number of carbonyl (C=O) groups is 1. The van der Waals surface area contributed by atoms with Crippen molar-refractivity contribution in [2.45, 2.75) is 19.3 Å². The SMILES string of the molecule is O=C(NCCc1ccc(Cl)cc1Cl)C1CCN(c2nc3ccccc3o2)CC1. The van der Waals surface area contributed by atoms with Gasteiger partial charge in [0.15, 0.2) is 5.58 Å². The minimum atomic E-state index is 0.0151. The molecule has 7 heteroatoms. The third kappa shape index (κ3) is 4.26. The molecule has 1 aliphatic heterocycles. The fourth-order valence-corrected chi connectivity index (χ4v) is 4.02. The maximum Gasteiger partial charge on any atom is 0.298 e. The Balaban J connectivity index is 1.26. The number of hydrogen-bond acceptors (Lipinski definition) is 4. The van der Waals surface area contributed by atoms with E-state index in [-0.39, 0.29) is 11.8 Å². The summed E-state index contributed by atoms with van der Waals surface area (Å²) in [5.41, 5.74) is 2.63. The maximum absolute atomic E-state index is 12.5. The Labute approximate surface area is 173 Å². The van der Waals surface area contributed by atoms with Crippen LogP contribution in [0.2, 0.25) is 10.0 Å². The van der Waals surface area contributed by atoms with Crippen LogP contribution in [0.4, 0.5) is 6.01 Å². The number of benzene rings is 2. The highest BCUT2D eigenvalue weighted by Crippen LogP contribution is 2.26. The Kier molecular flexibility index (Phi) is 5.74. The van der Waals surface area contributed by atoms with Gasteiger partial charge in [-0.15, -0.1) is 0 Å². The van der Waals surface area contributed by atoms with Gasteiger partial charge in [-0.05, 0) is 49.1 Å². The summed E-state index contributed by atoms with van der Waals surface area (Å²) >= 11 is 12.1. The molecule has 146 valence electrons. The molecular formula is C21H21Cl2N3O2. The van der Waals surface area contributed by atoms with Crippen molar-refractivity contribution in [1.29, 1.82) is 0 Å². The number of amides is 1. The molecule has 1 amide bonds. The second kappa shape index (κ2) is 8.41. The van der Waals surface area contributed by atoms with Crippen LogP contribution < -0.4 is 10.2 Å². The first kappa shape index (κ1) is 19.1. The van der Waals surface area contributed by atoms with Crippen molar-refractivity contribution in [2.75, 3.05) is 24.5 Å². The van der Waals surface area contributed by atoms with Crippen molar-refractivity contribution in [3.8, 4) is 0 Å². The number of fused-ring (bicyclic) bond motifs is 1. The van der Waals surface area contributed by atoms with Crippen molar-refractivity contribution in [1.82, 2.24) is 10.3 Å². The Morgan fingerprint density at radius 2 is 1.96 bits per heavy atom. The second-order valence-electron chi connectivity index (χ2n) is 7.00. The van der Waals surface area contributed by atoms with Gasteiger partial charge in [-0.3, -0.25) is 4.79 Å². The largest absolute Gasteiger partial charge is 0.423 e. The standard InChI is InChI=1S/C21H21Cl2N3O2/c22-16-6-5-14(17(23)13-16)7-10-24-20(27)15-8-11-26(12-9-15)21-25-18-3-1-2-4-19(18)28-21/h1-6,13,15H,7-12H2,(H,24,27). The van der Waals surface area contributed by atoms with Crippen molar-refractivity contribution in [3.63, 3.8) is 0 Å². The molecule has 3 aromatic rings. The van der Waals surface area contributed by atoms with E-state index in [9.17, 15) is 4.79 Å². The van der Waals surface area contributed by atoms with Crippen LogP contribution in [0.15, 0.2) is 46.9 Å². The molecule has 5 nitrogen and oxygen atoms in total. The third-order valence-electron chi connectivity index (χ3n) is 5.13. The zero-order valence-electron chi connectivity index (χ0n) is 15.3. The molecule has 0 spiro atoms. The summed E-state index contributed by atoms with van der Waals surface area (Å²) in [6, 6.07) is 13.8. The Morgan fingerprint density at radius 1 is 1.18 bits per heavy atom. The van der Waals surface area contributed by atoms with Gasteiger partial charge < -0.3 is 14.6 Å². The molecule has 0 radical (unpaired) electrons. The van der Waals surface area contributed by atoms with Crippen molar-refractivity contribution in [2.24, 2.45) is 5.92 Å². The van der Waals surface area contributed by atoms with Crippen LogP contribution in [-0.4, -0.2) is 30.5 Å². The van der Waals surface area contributed by atoms with Crippen LogP contribution in [0.3, 0.4) is 0 Å². The minimum absolute atomic E-state index is 0.0151. The highest BCUT2D eigenvalue weighted by Gasteiger charge is 2.27. The van der Waals surface area contributed by atoms with Crippen LogP contribution >= 0.6 is 23.2 Å². The van der Waals surface area contributed by atoms with Gasteiger partial charge in [-0.1, -0.05) is 41.4 Å². The monoisotopic (exact) mass is 417 g/mol. The van der Waals surface area contributed by atoms with E-state index in [0.717, 1.165) is 42.6 Å². The molecule has 0 atom stereocenters. The quantitative estimate of drug-likeness (QED) is 0.652. The van der Waals surface area contributed by atoms with Crippen LogP contribution in [0, 0.1) is 5.92 Å². The van der Waals surface area contributed by atoms with E-state index < -0.39 is 0 Å². The molecule has 0 aliphatic carbocycles. The third-order valence-corrected chi connectivity index (χ3v) is 5.71. The summed E-state index contributed by atoms with van der Waals surface area (Å²) in [6.45, 7) is 2.08. The minimum Gasteiger partial charge on any atom is -0.423 e. The summed E-state index contributed by atoms with van der Waals surface area (Å²) < 4.78 is 5.83. The van der Waals surface area contributed by atoms with Crippen molar-refractivity contribution < 1.29 is 9.21 Å². The Hall–Kier alpha value is -2.24. The molecule has 0 unspecified atom stereocenters. The van der Waals surface area contributed by atoms with Gasteiger partial charge >= 0.3 is 0 Å². The molecule has 1 fully saturated rings. The van der Waals surface area contributed by atoms with E-state index in [0.29, 0.717) is 29.0 Å². The Bertz CT molecular complexity index is 948. The van der Waals surface area contributed by atoms with E-state index in [1.54, 1.807) is 6.07 Å². The number of piperidine rings is 1. The predicted octanol–water partition coefficient (Wildman–Crippen LogP) is 4.71. The molecule has 4 rings (SSSR count). The van der Waals surface area contributed by atoms with Crippen LogP contribution in [-0.2, 0) is 11.2 Å². The number of hydrogen-bond donors (Lipinski definition) is 1. The number of nitrogens with one attached hydrogen (secondary N) is 1. The number of nitrogens with zero attached hydrogens (tertiary/aromatic N) is 2. The van der Waals surface area contributed by atoms with E-state index in [1.165, 1.54) is 0 Å². The number of anilines is 1. The molecule has 0 saturated carbocycles. The van der Waals surface area contributed by atoms with Crippen LogP contribution in [0.25, 0.3) is 11.1 Å². The lowest BCUT2D eigenvalue weighted by Crippen LogP contribution is -2.41. The molecule has 2 heterocycles. The van der Waals surface area contributed by atoms with Gasteiger partial charge in [0.2, 0.25) is 5.91 Å². The summed E-state index contributed by atoms with van der Waals surface area (Å²) in [4.78, 5) is 19.1. The number of oxazole rings is 1. The van der Waals surface area contributed by atoms with Gasteiger partial charge in [-0.2, -0.15) is 4.98 Å². The molecule has 1 saturated heterocycles. The smallest absolute Gasteiger partial charge is 0.298 e. The molecule has 2 aromatic carbocycles. The number of aromatic nitrogens is 1. The summed E-state index contributed by atoms with van der Waals surface area (Å²) in [7, 11) is 0.